The standard InChI is InChI=1S/C18H24N2S/c19-16(14-8-4-1-2-5-9-14)12-18-20-17(13-21-18)15-10-6-3-7-11-15/h3,6-7,10-11,13-14,16H,1-2,4-5,8-9,12,19H2. The van der Waals surface area contributed by atoms with Gasteiger partial charge in [-0.05, 0) is 18.8 Å². The number of aromatic nitrogens is 1. The molecule has 1 atom stereocenters. The Hall–Kier alpha value is -1.19. The van der Waals surface area contributed by atoms with E-state index in [1.165, 1.54) is 49.1 Å². The lowest BCUT2D eigenvalue weighted by Gasteiger charge is -2.21. The smallest absolute Gasteiger partial charge is 0.0948 e. The van der Waals surface area contributed by atoms with Crippen molar-refractivity contribution >= 4 is 11.3 Å². The number of nitrogens with two attached hydrogens (primary N) is 1. The summed E-state index contributed by atoms with van der Waals surface area (Å²) in [7, 11) is 0. The molecular weight excluding hydrogens is 276 g/mol. The number of hydrogen-bond donors (Lipinski definition) is 1. The first kappa shape index (κ1) is 14.7. The molecule has 1 saturated carbocycles. The molecule has 2 N–H and O–H groups in total. The fraction of sp³-hybridized carbons (Fsp3) is 0.500. The number of nitrogens with zero attached hydrogens (tertiary/aromatic N) is 1. The number of rotatable bonds is 4. The van der Waals surface area contributed by atoms with Crippen molar-refractivity contribution in [3.63, 3.8) is 0 Å². The van der Waals surface area contributed by atoms with Gasteiger partial charge in [-0.3, -0.25) is 0 Å². The van der Waals surface area contributed by atoms with Crippen LogP contribution >= 0.6 is 11.3 Å². The van der Waals surface area contributed by atoms with E-state index < -0.39 is 0 Å². The SMILES string of the molecule is NC(Cc1nc(-c2ccccc2)cs1)C1CCCCCC1. The topological polar surface area (TPSA) is 38.9 Å². The summed E-state index contributed by atoms with van der Waals surface area (Å²) in [6.07, 6.45) is 9.02. The van der Waals surface area contributed by atoms with Crippen LogP contribution in [-0.4, -0.2) is 11.0 Å². The van der Waals surface area contributed by atoms with E-state index in [4.69, 9.17) is 10.7 Å². The largest absolute Gasteiger partial charge is 0.327 e. The Morgan fingerprint density at radius 1 is 1.10 bits per heavy atom. The molecular formula is C18H24N2S. The van der Waals surface area contributed by atoms with Gasteiger partial charge >= 0.3 is 0 Å². The normalized spacial score (nSPS) is 18.3. The van der Waals surface area contributed by atoms with Crippen molar-refractivity contribution in [2.24, 2.45) is 11.7 Å². The molecule has 1 aliphatic carbocycles. The Labute approximate surface area is 131 Å². The first-order valence-corrected chi connectivity index (χ1v) is 8.96. The van der Waals surface area contributed by atoms with E-state index in [0.29, 0.717) is 5.92 Å². The summed E-state index contributed by atoms with van der Waals surface area (Å²) < 4.78 is 0. The molecule has 2 aromatic rings. The summed E-state index contributed by atoms with van der Waals surface area (Å²) in [6, 6.07) is 10.7. The minimum absolute atomic E-state index is 0.276. The van der Waals surface area contributed by atoms with Crippen molar-refractivity contribution in [3.8, 4) is 11.3 Å². The van der Waals surface area contributed by atoms with Gasteiger partial charge in [-0.15, -0.1) is 11.3 Å². The van der Waals surface area contributed by atoms with Gasteiger partial charge in [0.1, 0.15) is 0 Å². The summed E-state index contributed by atoms with van der Waals surface area (Å²) in [4.78, 5) is 4.78. The molecule has 1 aliphatic rings. The van der Waals surface area contributed by atoms with Gasteiger partial charge in [0.2, 0.25) is 0 Å². The van der Waals surface area contributed by atoms with Crippen molar-refractivity contribution in [2.75, 3.05) is 0 Å². The lowest BCUT2D eigenvalue weighted by atomic mass is 9.91. The monoisotopic (exact) mass is 300 g/mol. The van der Waals surface area contributed by atoms with Gasteiger partial charge in [0.15, 0.2) is 0 Å². The highest BCUT2D eigenvalue weighted by Crippen LogP contribution is 2.28. The number of benzene rings is 1. The predicted octanol–water partition coefficient (Wildman–Crippen LogP) is 4.65. The fourth-order valence-electron chi connectivity index (χ4n) is 3.25. The highest BCUT2D eigenvalue weighted by molar-refractivity contribution is 7.09. The van der Waals surface area contributed by atoms with Crippen LogP contribution in [-0.2, 0) is 6.42 Å². The molecule has 0 bridgehead atoms. The van der Waals surface area contributed by atoms with Crippen molar-refractivity contribution in [3.05, 3.63) is 40.7 Å². The molecule has 0 amide bonds. The molecule has 21 heavy (non-hydrogen) atoms. The molecule has 1 aromatic heterocycles. The first-order valence-electron chi connectivity index (χ1n) is 8.08. The van der Waals surface area contributed by atoms with Crippen LogP contribution in [0.1, 0.15) is 43.5 Å². The van der Waals surface area contributed by atoms with Crippen LogP contribution in [0, 0.1) is 5.92 Å². The second-order valence-electron chi connectivity index (χ2n) is 6.11. The molecule has 0 spiro atoms. The third-order valence-electron chi connectivity index (χ3n) is 4.54. The van der Waals surface area contributed by atoms with Gasteiger partial charge in [0, 0.05) is 23.4 Å². The second kappa shape index (κ2) is 7.19. The van der Waals surface area contributed by atoms with Crippen LogP contribution in [0.2, 0.25) is 0 Å². The molecule has 3 rings (SSSR count). The summed E-state index contributed by atoms with van der Waals surface area (Å²) in [5.74, 6) is 0.691. The molecule has 1 heterocycles. The molecule has 0 radical (unpaired) electrons. The average molecular weight is 300 g/mol. The zero-order valence-corrected chi connectivity index (χ0v) is 13.3. The van der Waals surface area contributed by atoms with Crippen LogP contribution < -0.4 is 5.73 Å². The van der Waals surface area contributed by atoms with E-state index in [0.717, 1.165) is 12.1 Å². The molecule has 1 fully saturated rings. The first-order chi connectivity index (χ1) is 10.3. The van der Waals surface area contributed by atoms with E-state index in [9.17, 15) is 0 Å². The molecule has 0 aliphatic heterocycles. The summed E-state index contributed by atoms with van der Waals surface area (Å²) in [5.41, 5.74) is 8.75. The zero-order chi connectivity index (χ0) is 14.5. The molecule has 112 valence electrons. The van der Waals surface area contributed by atoms with E-state index in [2.05, 4.69) is 29.6 Å². The number of hydrogen-bond acceptors (Lipinski definition) is 3. The quantitative estimate of drug-likeness (QED) is 0.835. The Bertz CT molecular complexity index is 541. The highest BCUT2D eigenvalue weighted by atomic mass is 32.1. The lowest BCUT2D eigenvalue weighted by molar-refractivity contribution is 0.372. The Kier molecular flexibility index (Phi) is 5.04. The second-order valence-corrected chi connectivity index (χ2v) is 7.05. The van der Waals surface area contributed by atoms with Gasteiger partial charge in [0.25, 0.3) is 0 Å². The van der Waals surface area contributed by atoms with E-state index in [-0.39, 0.29) is 6.04 Å². The molecule has 1 aromatic carbocycles. The van der Waals surface area contributed by atoms with Crippen molar-refractivity contribution < 1.29 is 0 Å². The maximum atomic E-state index is 6.46. The third kappa shape index (κ3) is 3.92. The van der Waals surface area contributed by atoms with E-state index in [1.807, 2.05) is 6.07 Å². The molecule has 0 saturated heterocycles. The summed E-state index contributed by atoms with van der Waals surface area (Å²) >= 11 is 1.75. The lowest BCUT2D eigenvalue weighted by Crippen LogP contribution is -2.32. The van der Waals surface area contributed by atoms with Crippen LogP contribution in [0.15, 0.2) is 35.7 Å². The highest BCUT2D eigenvalue weighted by Gasteiger charge is 2.20. The Morgan fingerprint density at radius 2 is 1.81 bits per heavy atom. The minimum atomic E-state index is 0.276. The minimum Gasteiger partial charge on any atom is -0.327 e. The predicted molar refractivity (Wildman–Crippen MR) is 90.4 cm³/mol. The summed E-state index contributed by atoms with van der Waals surface area (Å²) in [6.45, 7) is 0. The third-order valence-corrected chi connectivity index (χ3v) is 5.41. The van der Waals surface area contributed by atoms with Crippen molar-refractivity contribution in [1.29, 1.82) is 0 Å². The Balaban J connectivity index is 1.64. The Morgan fingerprint density at radius 3 is 2.52 bits per heavy atom. The van der Waals surface area contributed by atoms with Crippen LogP contribution in [0.3, 0.4) is 0 Å². The average Bonchev–Trinajstić information content (AvgIpc) is 2.81. The van der Waals surface area contributed by atoms with Crippen LogP contribution in [0.25, 0.3) is 11.3 Å². The zero-order valence-electron chi connectivity index (χ0n) is 12.5. The van der Waals surface area contributed by atoms with Gasteiger partial charge in [-0.2, -0.15) is 0 Å². The maximum Gasteiger partial charge on any atom is 0.0948 e. The van der Waals surface area contributed by atoms with Gasteiger partial charge in [0.05, 0.1) is 10.7 Å². The maximum absolute atomic E-state index is 6.46. The van der Waals surface area contributed by atoms with Crippen LogP contribution in [0.4, 0.5) is 0 Å². The van der Waals surface area contributed by atoms with Crippen LogP contribution in [0.5, 0.6) is 0 Å². The molecule has 1 unspecified atom stereocenters. The molecule has 3 heteroatoms. The van der Waals surface area contributed by atoms with Gasteiger partial charge < -0.3 is 5.73 Å². The summed E-state index contributed by atoms with van der Waals surface area (Å²) in [5, 5.41) is 3.34. The fourth-order valence-corrected chi connectivity index (χ4v) is 4.13. The van der Waals surface area contributed by atoms with E-state index in [1.54, 1.807) is 11.3 Å². The van der Waals surface area contributed by atoms with Crippen molar-refractivity contribution in [2.45, 2.75) is 51.0 Å². The van der Waals surface area contributed by atoms with E-state index >= 15 is 0 Å². The number of thiazole rings is 1. The molecule has 2 nitrogen and oxygen atoms in total. The van der Waals surface area contributed by atoms with Crippen molar-refractivity contribution in [1.82, 2.24) is 4.98 Å². The van der Waals surface area contributed by atoms with Gasteiger partial charge in [-0.1, -0.05) is 56.0 Å². The van der Waals surface area contributed by atoms with Gasteiger partial charge in [-0.25, -0.2) is 4.98 Å².